The third-order valence-corrected chi connectivity index (χ3v) is 8.18. The second-order valence-electron chi connectivity index (χ2n) is 10.6. The molecule has 2 aliphatic carbocycles. The third-order valence-electron chi connectivity index (χ3n) is 8.18. The fraction of sp³-hybridized carbons (Fsp3) is 0.484. The molecule has 1 heterocycles. The van der Waals surface area contributed by atoms with Gasteiger partial charge in [0.15, 0.2) is 0 Å². The van der Waals surface area contributed by atoms with Gasteiger partial charge in [0.25, 0.3) is 0 Å². The van der Waals surface area contributed by atoms with Gasteiger partial charge in [0.1, 0.15) is 11.8 Å². The van der Waals surface area contributed by atoms with Crippen molar-refractivity contribution in [2.75, 3.05) is 7.11 Å². The number of fused-ring (bicyclic) bond motifs is 1. The Bertz CT molecular complexity index is 1190. The van der Waals surface area contributed by atoms with Crippen molar-refractivity contribution in [2.45, 2.75) is 88.8 Å². The maximum Gasteiger partial charge on any atom is 0.247 e. The second kappa shape index (κ2) is 11.8. The number of benzene rings is 2. The standard InChI is InChI=1S/C31H39N3O3/c1-37-26-18-16-22(17-19-26)30(31(36)33-24-10-4-2-5-11-24)34(25-12-6-3-7-13-25)29(35)20-23-21-32-28-15-9-8-14-27(23)28/h8-9,14-19,21,24-25,30,32H,2-7,10-13,20H2,1H3,(H,33,36)/t30-/m0/s1. The minimum Gasteiger partial charge on any atom is -0.497 e. The highest BCUT2D eigenvalue weighted by molar-refractivity contribution is 5.92. The Kier molecular flexibility index (Phi) is 8.12. The molecule has 6 nitrogen and oxygen atoms in total. The van der Waals surface area contributed by atoms with Crippen LogP contribution in [-0.2, 0) is 16.0 Å². The van der Waals surface area contributed by atoms with E-state index in [1.54, 1.807) is 7.11 Å². The van der Waals surface area contributed by atoms with E-state index in [4.69, 9.17) is 4.74 Å². The average Bonchev–Trinajstić information content (AvgIpc) is 3.35. The highest BCUT2D eigenvalue weighted by Gasteiger charge is 2.37. The van der Waals surface area contributed by atoms with Crippen molar-refractivity contribution in [2.24, 2.45) is 0 Å². The fourth-order valence-corrected chi connectivity index (χ4v) is 6.20. The van der Waals surface area contributed by atoms with Gasteiger partial charge in [-0.1, -0.05) is 68.9 Å². The first kappa shape index (κ1) is 25.4. The average molecular weight is 502 g/mol. The predicted molar refractivity (Wildman–Crippen MR) is 146 cm³/mol. The lowest BCUT2D eigenvalue weighted by atomic mass is 9.90. The van der Waals surface area contributed by atoms with E-state index in [9.17, 15) is 9.59 Å². The van der Waals surface area contributed by atoms with Gasteiger partial charge in [0.05, 0.1) is 13.5 Å². The van der Waals surface area contributed by atoms with Crippen molar-refractivity contribution in [1.82, 2.24) is 15.2 Å². The van der Waals surface area contributed by atoms with E-state index < -0.39 is 6.04 Å². The molecular weight excluding hydrogens is 462 g/mol. The van der Waals surface area contributed by atoms with Crippen LogP contribution in [0.25, 0.3) is 10.9 Å². The van der Waals surface area contributed by atoms with E-state index in [1.807, 2.05) is 53.6 Å². The van der Waals surface area contributed by atoms with Gasteiger partial charge >= 0.3 is 0 Å². The molecule has 6 heteroatoms. The Morgan fingerprint density at radius 1 is 0.946 bits per heavy atom. The lowest BCUT2D eigenvalue weighted by Crippen LogP contribution is -2.51. The number of ether oxygens (including phenoxy) is 1. The molecule has 3 aromatic rings. The van der Waals surface area contributed by atoms with E-state index >= 15 is 0 Å². The van der Waals surface area contributed by atoms with E-state index in [1.165, 1.54) is 12.8 Å². The quantitative estimate of drug-likeness (QED) is 0.393. The number of methoxy groups -OCH3 is 1. The Labute approximate surface area is 219 Å². The van der Waals surface area contributed by atoms with Crippen molar-refractivity contribution in [3.8, 4) is 5.75 Å². The first-order chi connectivity index (χ1) is 18.1. The minimum atomic E-state index is -0.659. The lowest BCUT2D eigenvalue weighted by Gasteiger charge is -2.40. The second-order valence-corrected chi connectivity index (χ2v) is 10.6. The van der Waals surface area contributed by atoms with Crippen LogP contribution < -0.4 is 10.1 Å². The summed E-state index contributed by atoms with van der Waals surface area (Å²) in [5.41, 5.74) is 2.84. The first-order valence-corrected chi connectivity index (χ1v) is 13.9. The summed E-state index contributed by atoms with van der Waals surface area (Å²) in [5.74, 6) is 0.690. The minimum absolute atomic E-state index is 0.0104. The molecule has 5 rings (SSSR count). The van der Waals surface area contributed by atoms with Crippen molar-refractivity contribution in [3.05, 3.63) is 65.9 Å². The SMILES string of the molecule is COc1ccc([C@@H](C(=O)NC2CCCCC2)N(C(=O)Cc2c[nH]c3ccccc23)C2CCCCC2)cc1. The molecule has 0 aliphatic heterocycles. The normalized spacial score (nSPS) is 17.9. The number of carbonyl (C=O) groups excluding carboxylic acids is 2. The molecule has 37 heavy (non-hydrogen) atoms. The molecule has 0 saturated heterocycles. The van der Waals surface area contributed by atoms with Gasteiger partial charge in [0.2, 0.25) is 11.8 Å². The van der Waals surface area contributed by atoms with Crippen LogP contribution >= 0.6 is 0 Å². The molecular formula is C31H39N3O3. The van der Waals surface area contributed by atoms with Crippen LogP contribution in [0.3, 0.4) is 0 Å². The van der Waals surface area contributed by atoms with Crippen LogP contribution in [0.15, 0.2) is 54.7 Å². The van der Waals surface area contributed by atoms with E-state index in [0.717, 1.165) is 79.1 Å². The molecule has 2 saturated carbocycles. The number of H-pyrrole nitrogens is 1. The molecule has 1 atom stereocenters. The topological polar surface area (TPSA) is 74.4 Å². The molecule has 2 aromatic carbocycles. The molecule has 196 valence electrons. The Morgan fingerprint density at radius 2 is 1.62 bits per heavy atom. The van der Waals surface area contributed by atoms with E-state index in [2.05, 4.69) is 16.4 Å². The summed E-state index contributed by atoms with van der Waals surface area (Å²) in [5, 5.41) is 4.40. The summed E-state index contributed by atoms with van der Waals surface area (Å²) in [7, 11) is 1.64. The maximum atomic E-state index is 14.2. The fourth-order valence-electron chi connectivity index (χ4n) is 6.20. The molecule has 0 bridgehead atoms. The molecule has 2 fully saturated rings. The number of nitrogens with zero attached hydrogens (tertiary/aromatic N) is 1. The van der Waals surface area contributed by atoms with Gasteiger partial charge in [-0.3, -0.25) is 9.59 Å². The first-order valence-electron chi connectivity index (χ1n) is 13.9. The van der Waals surface area contributed by atoms with Crippen LogP contribution in [0, 0.1) is 0 Å². The number of carbonyl (C=O) groups is 2. The zero-order valence-electron chi connectivity index (χ0n) is 21.9. The molecule has 2 amide bonds. The molecule has 0 radical (unpaired) electrons. The summed E-state index contributed by atoms with van der Waals surface area (Å²) in [4.78, 5) is 33.5. The number of hydrogen-bond donors (Lipinski definition) is 2. The molecule has 0 unspecified atom stereocenters. The van der Waals surface area contributed by atoms with Gasteiger partial charge in [-0.05, 0) is 55.0 Å². The van der Waals surface area contributed by atoms with Gasteiger partial charge in [-0.2, -0.15) is 0 Å². The van der Waals surface area contributed by atoms with Gasteiger partial charge in [-0.15, -0.1) is 0 Å². The highest BCUT2D eigenvalue weighted by Crippen LogP contribution is 2.33. The molecule has 0 spiro atoms. The van der Waals surface area contributed by atoms with E-state index in [0.29, 0.717) is 0 Å². The molecule has 1 aromatic heterocycles. The third kappa shape index (κ3) is 5.84. The number of hydrogen-bond acceptors (Lipinski definition) is 3. The Morgan fingerprint density at radius 3 is 2.32 bits per heavy atom. The van der Waals surface area contributed by atoms with Crippen LogP contribution in [0.5, 0.6) is 5.75 Å². The zero-order chi connectivity index (χ0) is 25.6. The van der Waals surface area contributed by atoms with Crippen molar-refractivity contribution >= 4 is 22.7 Å². The summed E-state index contributed by atoms with van der Waals surface area (Å²) < 4.78 is 5.38. The highest BCUT2D eigenvalue weighted by atomic mass is 16.5. The summed E-state index contributed by atoms with van der Waals surface area (Å²) in [6.45, 7) is 0. The van der Waals surface area contributed by atoms with Crippen LogP contribution in [0.4, 0.5) is 0 Å². The smallest absolute Gasteiger partial charge is 0.247 e. The lowest BCUT2D eigenvalue weighted by molar-refractivity contribution is -0.144. The van der Waals surface area contributed by atoms with Crippen LogP contribution in [0.2, 0.25) is 0 Å². The maximum absolute atomic E-state index is 14.2. The number of rotatable bonds is 8. The largest absolute Gasteiger partial charge is 0.497 e. The van der Waals surface area contributed by atoms with Crippen molar-refractivity contribution in [1.29, 1.82) is 0 Å². The van der Waals surface area contributed by atoms with Crippen molar-refractivity contribution < 1.29 is 14.3 Å². The monoisotopic (exact) mass is 501 g/mol. The summed E-state index contributed by atoms with van der Waals surface area (Å²) >= 11 is 0. The Balaban J connectivity index is 1.50. The summed E-state index contributed by atoms with van der Waals surface area (Å²) in [6.07, 6.45) is 13.0. The van der Waals surface area contributed by atoms with Crippen molar-refractivity contribution in [3.63, 3.8) is 0 Å². The van der Waals surface area contributed by atoms with E-state index in [-0.39, 0.29) is 30.3 Å². The molecule has 2 aliphatic rings. The number of aromatic nitrogens is 1. The summed E-state index contributed by atoms with van der Waals surface area (Å²) in [6, 6.07) is 15.3. The van der Waals surface area contributed by atoms with Gasteiger partial charge in [-0.25, -0.2) is 0 Å². The number of amides is 2. The van der Waals surface area contributed by atoms with Crippen LogP contribution in [0.1, 0.15) is 81.4 Å². The predicted octanol–water partition coefficient (Wildman–Crippen LogP) is 6.07. The number of aromatic amines is 1. The number of para-hydroxylation sites is 1. The van der Waals surface area contributed by atoms with Gasteiger partial charge < -0.3 is 19.9 Å². The van der Waals surface area contributed by atoms with Gasteiger partial charge in [0, 0.05) is 29.2 Å². The molecule has 2 N–H and O–H groups in total. The zero-order valence-corrected chi connectivity index (χ0v) is 21.9. The Hall–Kier alpha value is -3.28. The van der Waals surface area contributed by atoms with Crippen LogP contribution in [-0.4, -0.2) is 40.9 Å². The number of nitrogens with one attached hydrogen (secondary N) is 2.